The molecule has 0 spiro atoms. The lowest BCUT2D eigenvalue weighted by Crippen LogP contribution is -2.44. The highest BCUT2D eigenvalue weighted by molar-refractivity contribution is 7.89. The summed E-state index contributed by atoms with van der Waals surface area (Å²) in [5.41, 5.74) is 1.92. The van der Waals surface area contributed by atoms with Gasteiger partial charge in [-0.3, -0.25) is 14.4 Å². The summed E-state index contributed by atoms with van der Waals surface area (Å²) >= 11 is 0. The average molecular weight is 461 g/mol. The minimum absolute atomic E-state index is 0.0229. The van der Waals surface area contributed by atoms with Crippen LogP contribution in [0, 0.1) is 5.92 Å². The van der Waals surface area contributed by atoms with Crippen LogP contribution >= 0.6 is 0 Å². The lowest BCUT2D eigenvalue weighted by atomic mass is 10.1. The lowest BCUT2D eigenvalue weighted by Gasteiger charge is -2.15. The maximum Gasteiger partial charge on any atom is 0.241 e. The van der Waals surface area contributed by atoms with Gasteiger partial charge >= 0.3 is 0 Å². The van der Waals surface area contributed by atoms with Gasteiger partial charge in [0.05, 0.1) is 10.9 Å². The van der Waals surface area contributed by atoms with Crippen LogP contribution in [-0.4, -0.2) is 32.2 Å². The van der Waals surface area contributed by atoms with Gasteiger partial charge in [-0.2, -0.15) is 4.72 Å². The highest BCUT2D eigenvalue weighted by Crippen LogP contribution is 2.15. The van der Waals surface area contributed by atoms with Crippen LogP contribution in [0.5, 0.6) is 0 Å². The fraction of sp³-hybridized carbons (Fsp3) is 0.318. The zero-order chi connectivity index (χ0) is 23.9. The van der Waals surface area contributed by atoms with Crippen LogP contribution in [0.4, 0.5) is 11.4 Å². The van der Waals surface area contributed by atoms with Crippen molar-refractivity contribution in [3.63, 3.8) is 0 Å². The van der Waals surface area contributed by atoms with Crippen LogP contribution < -0.4 is 20.7 Å². The second-order valence-electron chi connectivity index (χ2n) is 7.61. The predicted octanol–water partition coefficient (Wildman–Crippen LogP) is 2.22. The van der Waals surface area contributed by atoms with E-state index in [0.29, 0.717) is 11.4 Å². The zero-order valence-corrected chi connectivity index (χ0v) is 19.2. The van der Waals surface area contributed by atoms with E-state index in [1.807, 2.05) is 0 Å². The standard InChI is InChI=1S/C22H28N4O5S/c1-14(2)21(28)25-19-7-5-17(6-8-19)13-23-22(29)15(3)26-32(30,31)20-11-9-18(10-12-20)24-16(4)27/h5-12,14-15,26H,13H2,1-4H3,(H,23,29)(H,24,27)(H,25,28)/t15-/m0/s1. The lowest BCUT2D eigenvalue weighted by molar-refractivity contribution is -0.122. The van der Waals surface area contributed by atoms with Crippen LogP contribution in [0.2, 0.25) is 0 Å². The van der Waals surface area contributed by atoms with Crippen LogP contribution in [0.15, 0.2) is 53.4 Å². The molecule has 0 aromatic heterocycles. The van der Waals surface area contributed by atoms with E-state index in [1.165, 1.54) is 38.1 Å². The van der Waals surface area contributed by atoms with Gasteiger partial charge in [0.2, 0.25) is 27.7 Å². The van der Waals surface area contributed by atoms with Crippen LogP contribution in [0.25, 0.3) is 0 Å². The molecule has 32 heavy (non-hydrogen) atoms. The molecule has 0 fully saturated rings. The maximum absolute atomic E-state index is 12.5. The van der Waals surface area contributed by atoms with E-state index in [0.717, 1.165) is 5.56 Å². The number of nitrogens with one attached hydrogen (secondary N) is 4. The summed E-state index contributed by atoms with van der Waals surface area (Å²) in [4.78, 5) is 35.1. The Morgan fingerprint density at radius 3 is 1.88 bits per heavy atom. The number of sulfonamides is 1. The van der Waals surface area contributed by atoms with Gasteiger partial charge in [0.25, 0.3) is 0 Å². The van der Waals surface area contributed by atoms with Crippen molar-refractivity contribution < 1.29 is 22.8 Å². The van der Waals surface area contributed by atoms with Crippen molar-refractivity contribution >= 4 is 39.1 Å². The smallest absolute Gasteiger partial charge is 0.241 e. The topological polar surface area (TPSA) is 133 Å². The molecule has 2 rings (SSSR count). The zero-order valence-electron chi connectivity index (χ0n) is 18.4. The summed E-state index contributed by atoms with van der Waals surface area (Å²) < 4.78 is 27.4. The summed E-state index contributed by atoms with van der Waals surface area (Å²) in [5, 5.41) is 8.02. The molecule has 2 aromatic carbocycles. The van der Waals surface area contributed by atoms with Gasteiger partial charge in [-0.25, -0.2) is 8.42 Å². The second kappa shape index (κ2) is 10.9. The van der Waals surface area contributed by atoms with E-state index < -0.39 is 22.0 Å². The van der Waals surface area contributed by atoms with Crippen molar-refractivity contribution in [1.82, 2.24) is 10.0 Å². The summed E-state index contributed by atoms with van der Waals surface area (Å²) in [6.45, 7) is 6.61. The van der Waals surface area contributed by atoms with Gasteiger partial charge in [0.15, 0.2) is 0 Å². The van der Waals surface area contributed by atoms with E-state index in [-0.39, 0.29) is 29.2 Å². The molecule has 172 valence electrons. The van der Waals surface area contributed by atoms with Gasteiger partial charge < -0.3 is 16.0 Å². The molecule has 10 heteroatoms. The molecule has 4 N–H and O–H groups in total. The quantitative estimate of drug-likeness (QED) is 0.455. The second-order valence-corrected chi connectivity index (χ2v) is 9.32. The Morgan fingerprint density at radius 1 is 0.812 bits per heavy atom. The van der Waals surface area contributed by atoms with Gasteiger partial charge in [-0.15, -0.1) is 0 Å². The van der Waals surface area contributed by atoms with Crippen LogP contribution in [0.3, 0.4) is 0 Å². The van der Waals surface area contributed by atoms with E-state index in [4.69, 9.17) is 0 Å². The molecule has 1 atom stereocenters. The van der Waals surface area contributed by atoms with Crippen molar-refractivity contribution in [2.75, 3.05) is 10.6 Å². The number of benzene rings is 2. The molecule has 0 unspecified atom stereocenters. The first-order valence-electron chi connectivity index (χ1n) is 10.1. The van der Waals surface area contributed by atoms with Gasteiger partial charge in [0.1, 0.15) is 0 Å². The molecule has 0 aliphatic heterocycles. The third-order valence-corrected chi connectivity index (χ3v) is 5.98. The normalized spacial score (nSPS) is 12.2. The number of hydrogen-bond donors (Lipinski definition) is 4. The summed E-state index contributed by atoms with van der Waals surface area (Å²) in [5.74, 6) is -0.967. The van der Waals surface area contributed by atoms with Crippen LogP contribution in [0.1, 0.15) is 33.3 Å². The van der Waals surface area contributed by atoms with E-state index in [9.17, 15) is 22.8 Å². The predicted molar refractivity (Wildman–Crippen MR) is 122 cm³/mol. The molecule has 0 saturated carbocycles. The Balaban J connectivity index is 1.90. The van der Waals surface area contributed by atoms with E-state index in [1.54, 1.807) is 38.1 Å². The number of amides is 3. The Hall–Kier alpha value is -3.24. The Kier molecular flexibility index (Phi) is 8.50. The monoisotopic (exact) mass is 460 g/mol. The molecule has 9 nitrogen and oxygen atoms in total. The van der Waals surface area contributed by atoms with Crippen molar-refractivity contribution in [1.29, 1.82) is 0 Å². The molecule has 0 aliphatic carbocycles. The minimum Gasteiger partial charge on any atom is -0.351 e. The van der Waals surface area contributed by atoms with Crippen molar-refractivity contribution in [2.24, 2.45) is 5.92 Å². The van der Waals surface area contributed by atoms with Crippen molar-refractivity contribution in [3.8, 4) is 0 Å². The molecule has 2 aromatic rings. The number of carbonyl (C=O) groups excluding carboxylic acids is 3. The first-order valence-corrected chi connectivity index (χ1v) is 11.5. The largest absolute Gasteiger partial charge is 0.351 e. The SMILES string of the molecule is CC(=O)Nc1ccc(S(=O)(=O)N[C@@H](C)C(=O)NCc2ccc(NC(=O)C(C)C)cc2)cc1. The molecule has 0 bridgehead atoms. The number of carbonyl (C=O) groups is 3. The first-order chi connectivity index (χ1) is 15.0. The van der Waals surface area contributed by atoms with Crippen molar-refractivity contribution in [3.05, 3.63) is 54.1 Å². The van der Waals surface area contributed by atoms with Crippen LogP contribution in [-0.2, 0) is 31.0 Å². The fourth-order valence-corrected chi connectivity index (χ4v) is 3.81. The highest BCUT2D eigenvalue weighted by atomic mass is 32.2. The summed E-state index contributed by atoms with van der Waals surface area (Å²) in [6, 6.07) is 11.6. The molecule has 0 saturated heterocycles. The first kappa shape index (κ1) is 25.0. The van der Waals surface area contributed by atoms with E-state index in [2.05, 4.69) is 20.7 Å². The Bertz CT molecular complexity index is 1060. The Morgan fingerprint density at radius 2 is 1.34 bits per heavy atom. The molecular weight excluding hydrogens is 432 g/mol. The van der Waals surface area contributed by atoms with Gasteiger partial charge in [-0.05, 0) is 48.9 Å². The highest BCUT2D eigenvalue weighted by Gasteiger charge is 2.22. The fourth-order valence-electron chi connectivity index (χ4n) is 2.61. The number of rotatable bonds is 9. The third-order valence-electron chi connectivity index (χ3n) is 4.42. The molecule has 0 heterocycles. The molecular formula is C22H28N4O5S. The molecule has 0 aliphatic rings. The average Bonchev–Trinajstić information content (AvgIpc) is 2.72. The maximum atomic E-state index is 12.5. The van der Waals surface area contributed by atoms with E-state index >= 15 is 0 Å². The van der Waals surface area contributed by atoms with Crippen molar-refractivity contribution in [2.45, 2.75) is 45.2 Å². The number of anilines is 2. The molecule has 0 radical (unpaired) electrons. The van der Waals surface area contributed by atoms with Gasteiger partial charge in [0, 0.05) is 30.8 Å². The Labute approximate surface area is 188 Å². The minimum atomic E-state index is -3.92. The molecule has 3 amide bonds. The summed E-state index contributed by atoms with van der Waals surface area (Å²) in [7, 11) is -3.92. The third kappa shape index (κ3) is 7.47. The number of hydrogen-bond acceptors (Lipinski definition) is 5. The van der Waals surface area contributed by atoms with Gasteiger partial charge in [-0.1, -0.05) is 26.0 Å². The summed E-state index contributed by atoms with van der Waals surface area (Å²) in [6.07, 6.45) is 0.